The van der Waals surface area contributed by atoms with Gasteiger partial charge in [-0.2, -0.15) is 0 Å². The number of nitrogens with one attached hydrogen (secondary N) is 4. The number of fused-ring (bicyclic) bond motifs is 6. The van der Waals surface area contributed by atoms with Crippen molar-refractivity contribution in [2.45, 2.75) is 137 Å². The van der Waals surface area contributed by atoms with Gasteiger partial charge in [0, 0.05) is 48.2 Å². The standard InChI is InChI=1S/C32H34F2N4O5S.C31H32F2N4O5S.Na.H2O/c1-42-30(41)32-17-19(32)9-5-3-2-4-6-11-25(35-22-14-20(33)13-21(34)15-22)29(40)38-18-23(16-26(38)28(39)37-32)43-31-36-24-10-7-8-12-27(24)44-31;32-19-12-20(33)14-21(13-19)34-24-10-5-3-1-2-4-8-18-16-31(18,29(40)41)36-27(38)25-15-22(17-37(25)28(24)39)42-30-35-23-9-6-7-11-26(23)43-30;;/h5,7-10,12-15,19,23,25-26,35H,2-4,6,11,16-18H2,1H3,(H,37,39);4,6-9,11-14,18,22,24-25,34H,1-3,5,10,15-17H2,(H,36,38)(H,40,41);;1H2/q;;+1;/p-1/b9-5-;8-4-;;/t19-,23-,25+,26+,32-;18-,22-,24+,25+,31-;;/m11../s1. The Labute approximate surface area is 540 Å². The Morgan fingerprint density at radius 1 is 0.618 bits per heavy atom. The molecule has 0 radical (unpaired) electrons. The fourth-order valence-corrected chi connectivity index (χ4v) is 14.0. The number of aromatic nitrogens is 2. The topological polar surface area (TPSA) is 261 Å². The number of anilines is 2. The van der Waals surface area contributed by atoms with E-state index in [1.54, 1.807) is 0 Å². The minimum Gasteiger partial charge on any atom is -0.870 e. The predicted octanol–water partition coefficient (Wildman–Crippen LogP) is 6.68. The van der Waals surface area contributed by atoms with Gasteiger partial charge in [0.15, 0.2) is 0 Å². The van der Waals surface area contributed by atoms with E-state index in [4.69, 9.17) is 14.2 Å². The number of rotatable bonds is 10. The number of halogens is 4. The molecule has 89 heavy (non-hydrogen) atoms. The Morgan fingerprint density at radius 2 is 1.03 bits per heavy atom. The molecule has 4 aromatic carbocycles. The summed E-state index contributed by atoms with van der Waals surface area (Å²) in [5, 5.41) is 22.5. The normalized spacial score (nSPS) is 27.8. The van der Waals surface area contributed by atoms with E-state index in [0.717, 1.165) is 95.4 Å². The monoisotopic (exact) mass is 1270 g/mol. The molecule has 6 aromatic rings. The summed E-state index contributed by atoms with van der Waals surface area (Å²) in [4.78, 5) is 93.1. The van der Waals surface area contributed by atoms with Crippen LogP contribution in [0.15, 0.2) is 109 Å². The summed E-state index contributed by atoms with van der Waals surface area (Å²) < 4.78 is 75.4. The predicted molar refractivity (Wildman–Crippen MR) is 320 cm³/mol. The number of thiazole rings is 2. The zero-order chi connectivity index (χ0) is 61.0. The van der Waals surface area contributed by atoms with E-state index >= 15 is 0 Å². The van der Waals surface area contributed by atoms with Crippen LogP contribution in [-0.2, 0) is 33.5 Å². The molecule has 2 saturated carbocycles. The molecule has 6 aliphatic rings. The number of carbonyl (C=O) groups excluding carboxylic acids is 5. The van der Waals surface area contributed by atoms with Gasteiger partial charge in [0.1, 0.15) is 70.7 Å². The Balaban J connectivity index is 0.000000207. The molecule has 2 saturated heterocycles. The van der Waals surface area contributed by atoms with Gasteiger partial charge in [-0.05, 0) is 99.9 Å². The van der Waals surface area contributed by atoms with Crippen molar-refractivity contribution in [2.75, 3.05) is 30.8 Å². The van der Waals surface area contributed by atoms with Crippen molar-refractivity contribution >= 4 is 90.0 Å². The van der Waals surface area contributed by atoms with Crippen molar-refractivity contribution < 1.29 is 101 Å². The minimum atomic E-state index is -1.43. The number of carboxylic acids is 1. The molecule has 466 valence electrons. The number of allylic oxidation sites excluding steroid dienone is 2. The number of nitrogens with zero attached hydrogens (tertiary/aromatic N) is 4. The number of para-hydroxylation sites is 2. The molecule has 26 heteroatoms. The fourth-order valence-electron chi connectivity index (χ4n) is 12.2. The molecular weight excluding hydrogens is 1210 g/mol. The molecular formula is C63H67F4N8NaO11S2. The second-order valence-corrected chi connectivity index (χ2v) is 25.0. The summed E-state index contributed by atoms with van der Waals surface area (Å²) in [6, 6.07) is 17.5. The Morgan fingerprint density at radius 3 is 1.46 bits per heavy atom. The number of hydrogen-bond donors (Lipinski definition) is 5. The summed E-state index contributed by atoms with van der Waals surface area (Å²) in [6.07, 6.45) is 14.6. The van der Waals surface area contributed by atoms with E-state index < -0.39 is 106 Å². The third kappa shape index (κ3) is 15.4. The fraction of sp³-hybridized carbons (Fsp3) is 0.429. The van der Waals surface area contributed by atoms with Crippen molar-refractivity contribution in [2.24, 2.45) is 11.8 Å². The summed E-state index contributed by atoms with van der Waals surface area (Å²) >= 11 is 2.73. The SMILES string of the molecule is COC(=O)[C@@]12C[C@H]1/C=C\CCCCC[C@H](Nc1cc(F)cc(F)c1)C(=O)N1C[C@H](Oc3nc4ccccc4s3)C[C@H]1C(=O)N2.O=C1N[C@]2(C(=O)O)C[C@H]2/C=C\CCCCC[C@H](Nc2cc(F)cc(F)c2)C(=O)N2C[C@H](Oc3nc4ccccc4s3)C[C@@H]12.[Na+].[OH-]. The first kappa shape index (κ1) is 66.3. The van der Waals surface area contributed by atoms with E-state index in [2.05, 4.69) is 31.2 Å². The molecule has 4 aliphatic heterocycles. The van der Waals surface area contributed by atoms with Gasteiger partial charge in [0.05, 0.1) is 40.6 Å². The van der Waals surface area contributed by atoms with Crippen molar-refractivity contribution in [1.29, 1.82) is 0 Å². The molecule has 12 rings (SSSR count). The van der Waals surface area contributed by atoms with Crippen molar-refractivity contribution in [1.82, 2.24) is 30.4 Å². The maximum atomic E-state index is 14.2. The molecule has 2 aliphatic carbocycles. The molecule has 6 N–H and O–H groups in total. The van der Waals surface area contributed by atoms with Crippen molar-refractivity contribution in [3.05, 3.63) is 133 Å². The summed E-state index contributed by atoms with van der Waals surface area (Å²) in [7, 11) is 1.29. The summed E-state index contributed by atoms with van der Waals surface area (Å²) in [5.41, 5.74) is -0.814. The Hall–Kier alpha value is -7.16. The van der Waals surface area contributed by atoms with Crippen LogP contribution in [0.1, 0.15) is 89.9 Å². The molecule has 4 amide bonds. The molecule has 0 bridgehead atoms. The number of esters is 1. The van der Waals surface area contributed by atoms with Gasteiger partial charge >= 0.3 is 41.5 Å². The number of ether oxygens (including phenoxy) is 3. The summed E-state index contributed by atoms with van der Waals surface area (Å²) in [5.74, 6) is -7.16. The van der Waals surface area contributed by atoms with Crippen LogP contribution >= 0.6 is 22.7 Å². The van der Waals surface area contributed by atoms with Crippen LogP contribution in [0.5, 0.6) is 10.4 Å². The average Bonchev–Trinajstić information content (AvgIpc) is 1.72. The van der Waals surface area contributed by atoms with E-state index in [1.165, 1.54) is 39.6 Å². The molecule has 0 spiro atoms. The first-order valence-corrected chi connectivity index (χ1v) is 31.0. The van der Waals surface area contributed by atoms with Crippen LogP contribution in [0.2, 0.25) is 0 Å². The molecule has 2 aromatic heterocycles. The van der Waals surface area contributed by atoms with E-state index in [1.807, 2.05) is 72.8 Å². The van der Waals surface area contributed by atoms with Crippen LogP contribution in [0.3, 0.4) is 0 Å². The number of carbonyl (C=O) groups is 6. The zero-order valence-corrected chi connectivity index (χ0v) is 52.6. The Bertz CT molecular complexity index is 3550. The Kier molecular flexibility index (Phi) is 21.4. The molecule has 6 heterocycles. The van der Waals surface area contributed by atoms with Crippen LogP contribution in [-0.4, -0.2) is 134 Å². The van der Waals surface area contributed by atoms with E-state index in [0.29, 0.717) is 42.5 Å². The number of benzene rings is 4. The smallest absolute Gasteiger partial charge is 0.870 e. The van der Waals surface area contributed by atoms with Gasteiger partial charge in [-0.25, -0.2) is 37.1 Å². The summed E-state index contributed by atoms with van der Waals surface area (Å²) in [6.45, 7) is 0.156. The van der Waals surface area contributed by atoms with Crippen LogP contribution in [0.4, 0.5) is 28.9 Å². The number of amides is 4. The largest absolute Gasteiger partial charge is 1.00 e. The number of aliphatic carboxylic acids is 1. The van der Waals surface area contributed by atoms with Gasteiger partial charge < -0.3 is 55.9 Å². The van der Waals surface area contributed by atoms with Crippen LogP contribution in [0, 0.1) is 35.1 Å². The molecule has 10 atom stereocenters. The van der Waals surface area contributed by atoms with Crippen molar-refractivity contribution in [3.63, 3.8) is 0 Å². The number of carboxylic acid groups (broad SMARTS) is 1. The minimum absolute atomic E-state index is 0. The first-order chi connectivity index (χ1) is 42.0. The van der Waals surface area contributed by atoms with Crippen LogP contribution in [0.25, 0.3) is 20.4 Å². The van der Waals surface area contributed by atoms with Gasteiger partial charge in [0.2, 0.25) is 23.6 Å². The number of hydrogen-bond acceptors (Lipinski definition) is 16. The zero-order valence-electron chi connectivity index (χ0n) is 49.0. The third-order valence-electron chi connectivity index (χ3n) is 16.9. The van der Waals surface area contributed by atoms with Gasteiger partial charge in [-0.3, -0.25) is 19.2 Å². The van der Waals surface area contributed by atoms with Gasteiger partial charge in [-0.1, -0.05) is 96.9 Å². The molecule has 19 nitrogen and oxygen atoms in total. The quantitative estimate of drug-likeness (QED) is 0.0415. The third-order valence-corrected chi connectivity index (χ3v) is 18.8. The average molecular weight is 1280 g/mol. The second-order valence-electron chi connectivity index (χ2n) is 23.0. The van der Waals surface area contributed by atoms with E-state index in [9.17, 15) is 51.4 Å². The van der Waals surface area contributed by atoms with E-state index in [-0.39, 0.29) is 90.6 Å². The molecule has 0 unspecified atom stereocenters. The maximum Gasteiger partial charge on any atom is 1.00 e. The first-order valence-electron chi connectivity index (χ1n) is 29.4. The second kappa shape index (κ2) is 28.8. The maximum absolute atomic E-state index is 14.2. The van der Waals surface area contributed by atoms with Crippen LogP contribution < -0.4 is 60.3 Å². The number of methoxy groups -OCH3 is 1. The van der Waals surface area contributed by atoms with Gasteiger partial charge in [-0.15, -0.1) is 0 Å². The molecule has 4 fully saturated rings. The van der Waals surface area contributed by atoms with Gasteiger partial charge in [0.25, 0.3) is 10.4 Å². The van der Waals surface area contributed by atoms with Crippen molar-refractivity contribution in [3.8, 4) is 10.4 Å².